The summed E-state index contributed by atoms with van der Waals surface area (Å²) in [6, 6.07) is 0. The predicted octanol–water partition coefficient (Wildman–Crippen LogP) is 2.34. The SMILES string of the molecule is C/C=C/[C@H](OC)[C@H](C)[C@@H](OC)[C@@H](C)CC(=O)O. The second-order valence-electron chi connectivity index (χ2n) is 4.36. The van der Waals surface area contributed by atoms with Crippen LogP contribution in [0.3, 0.4) is 0 Å². The van der Waals surface area contributed by atoms with Crippen LogP contribution >= 0.6 is 0 Å². The molecule has 0 unspecified atom stereocenters. The molecule has 4 nitrogen and oxygen atoms in total. The van der Waals surface area contributed by atoms with Gasteiger partial charge in [-0.25, -0.2) is 0 Å². The molecule has 0 aliphatic heterocycles. The minimum absolute atomic E-state index is 0.0459. The van der Waals surface area contributed by atoms with Crippen molar-refractivity contribution in [3.8, 4) is 0 Å². The summed E-state index contributed by atoms with van der Waals surface area (Å²) in [5, 5.41) is 8.81. The van der Waals surface area contributed by atoms with E-state index in [0.717, 1.165) is 0 Å². The molecule has 0 spiro atoms. The second-order valence-corrected chi connectivity index (χ2v) is 4.36. The van der Waals surface area contributed by atoms with Gasteiger partial charge < -0.3 is 14.6 Å². The van der Waals surface area contributed by atoms with Gasteiger partial charge >= 0.3 is 5.97 Å². The fraction of sp³-hybridized carbons (Fsp3) is 0.769. The van der Waals surface area contributed by atoms with Crippen LogP contribution in [0.2, 0.25) is 0 Å². The van der Waals surface area contributed by atoms with Crippen molar-refractivity contribution >= 4 is 5.97 Å². The fourth-order valence-corrected chi connectivity index (χ4v) is 2.20. The Morgan fingerprint density at radius 2 is 1.88 bits per heavy atom. The van der Waals surface area contributed by atoms with Gasteiger partial charge in [0.15, 0.2) is 0 Å². The molecule has 0 aromatic carbocycles. The van der Waals surface area contributed by atoms with Crippen LogP contribution in [0.15, 0.2) is 12.2 Å². The third-order valence-electron chi connectivity index (χ3n) is 3.02. The molecule has 0 saturated carbocycles. The number of carboxylic acid groups (broad SMARTS) is 1. The second kappa shape index (κ2) is 8.25. The molecule has 17 heavy (non-hydrogen) atoms. The number of hydrogen-bond acceptors (Lipinski definition) is 3. The van der Waals surface area contributed by atoms with E-state index in [-0.39, 0.29) is 30.5 Å². The Labute approximate surface area is 104 Å². The van der Waals surface area contributed by atoms with E-state index in [2.05, 4.69) is 0 Å². The maximum absolute atomic E-state index is 10.7. The molecule has 0 bridgehead atoms. The van der Waals surface area contributed by atoms with Crippen molar-refractivity contribution in [3.63, 3.8) is 0 Å². The van der Waals surface area contributed by atoms with Gasteiger partial charge in [0.1, 0.15) is 0 Å². The van der Waals surface area contributed by atoms with Crippen LogP contribution in [0.4, 0.5) is 0 Å². The van der Waals surface area contributed by atoms with E-state index < -0.39 is 5.97 Å². The van der Waals surface area contributed by atoms with Gasteiger partial charge in [-0.2, -0.15) is 0 Å². The van der Waals surface area contributed by atoms with E-state index in [1.807, 2.05) is 32.9 Å². The molecule has 0 fully saturated rings. The lowest BCUT2D eigenvalue weighted by molar-refractivity contribution is -0.140. The molecule has 0 saturated heterocycles. The average molecular weight is 244 g/mol. The Morgan fingerprint density at radius 3 is 2.24 bits per heavy atom. The molecule has 100 valence electrons. The average Bonchev–Trinajstić information content (AvgIpc) is 2.25. The first-order chi connectivity index (χ1) is 7.97. The predicted molar refractivity (Wildman–Crippen MR) is 67.0 cm³/mol. The zero-order valence-corrected chi connectivity index (χ0v) is 11.3. The molecular weight excluding hydrogens is 220 g/mol. The van der Waals surface area contributed by atoms with E-state index in [4.69, 9.17) is 14.6 Å². The van der Waals surface area contributed by atoms with Gasteiger partial charge in [0.05, 0.1) is 18.6 Å². The molecule has 0 radical (unpaired) electrons. The third kappa shape index (κ3) is 5.33. The van der Waals surface area contributed by atoms with Crippen molar-refractivity contribution in [3.05, 3.63) is 12.2 Å². The van der Waals surface area contributed by atoms with E-state index >= 15 is 0 Å². The summed E-state index contributed by atoms with van der Waals surface area (Å²) >= 11 is 0. The summed E-state index contributed by atoms with van der Waals surface area (Å²) in [5.74, 6) is -0.738. The van der Waals surface area contributed by atoms with Crippen LogP contribution < -0.4 is 0 Å². The lowest BCUT2D eigenvalue weighted by Gasteiger charge is -2.31. The molecule has 0 heterocycles. The Bertz CT molecular complexity index is 250. The minimum atomic E-state index is -0.799. The quantitative estimate of drug-likeness (QED) is 0.666. The summed E-state index contributed by atoms with van der Waals surface area (Å²) in [4.78, 5) is 10.7. The van der Waals surface area contributed by atoms with Crippen molar-refractivity contribution in [2.24, 2.45) is 11.8 Å². The van der Waals surface area contributed by atoms with Crippen molar-refractivity contribution in [1.29, 1.82) is 0 Å². The molecule has 0 aromatic heterocycles. The van der Waals surface area contributed by atoms with Gasteiger partial charge in [0, 0.05) is 20.1 Å². The summed E-state index contributed by atoms with van der Waals surface area (Å²) in [5.41, 5.74) is 0. The fourth-order valence-electron chi connectivity index (χ4n) is 2.20. The van der Waals surface area contributed by atoms with Gasteiger partial charge in [-0.15, -0.1) is 0 Å². The van der Waals surface area contributed by atoms with E-state index in [1.165, 1.54) is 0 Å². The van der Waals surface area contributed by atoms with E-state index in [9.17, 15) is 4.79 Å². The number of ether oxygens (including phenoxy) is 2. The number of rotatable bonds is 8. The van der Waals surface area contributed by atoms with Crippen molar-refractivity contribution < 1.29 is 19.4 Å². The van der Waals surface area contributed by atoms with E-state index in [1.54, 1.807) is 14.2 Å². The molecule has 0 amide bonds. The van der Waals surface area contributed by atoms with Crippen LogP contribution in [0.1, 0.15) is 27.2 Å². The van der Waals surface area contributed by atoms with Gasteiger partial charge in [-0.3, -0.25) is 4.79 Å². The normalized spacial score (nSPS) is 18.9. The first-order valence-corrected chi connectivity index (χ1v) is 5.88. The minimum Gasteiger partial charge on any atom is -0.481 e. The highest BCUT2D eigenvalue weighted by Gasteiger charge is 2.29. The number of aliphatic carboxylic acids is 1. The van der Waals surface area contributed by atoms with Crippen LogP contribution in [-0.4, -0.2) is 37.5 Å². The highest BCUT2D eigenvalue weighted by molar-refractivity contribution is 5.67. The molecule has 1 N–H and O–H groups in total. The summed E-state index contributed by atoms with van der Waals surface area (Å²) in [7, 11) is 3.26. The number of carboxylic acids is 1. The van der Waals surface area contributed by atoms with Crippen LogP contribution in [0, 0.1) is 11.8 Å². The van der Waals surface area contributed by atoms with Gasteiger partial charge in [0.25, 0.3) is 0 Å². The monoisotopic (exact) mass is 244 g/mol. The molecule has 0 aliphatic rings. The molecule has 4 heteroatoms. The van der Waals surface area contributed by atoms with Crippen molar-refractivity contribution in [2.75, 3.05) is 14.2 Å². The van der Waals surface area contributed by atoms with Crippen LogP contribution in [0.25, 0.3) is 0 Å². The number of methoxy groups -OCH3 is 2. The Morgan fingerprint density at radius 1 is 1.29 bits per heavy atom. The van der Waals surface area contributed by atoms with Gasteiger partial charge in [-0.1, -0.05) is 26.0 Å². The van der Waals surface area contributed by atoms with Crippen molar-refractivity contribution in [1.82, 2.24) is 0 Å². The highest BCUT2D eigenvalue weighted by atomic mass is 16.5. The van der Waals surface area contributed by atoms with Crippen LogP contribution in [0.5, 0.6) is 0 Å². The Hall–Kier alpha value is -0.870. The summed E-state index contributed by atoms with van der Waals surface area (Å²) in [6.45, 7) is 5.84. The lowest BCUT2D eigenvalue weighted by Crippen LogP contribution is -2.36. The largest absolute Gasteiger partial charge is 0.481 e. The first kappa shape index (κ1) is 16.1. The smallest absolute Gasteiger partial charge is 0.303 e. The number of hydrogen-bond donors (Lipinski definition) is 1. The Balaban J connectivity index is 4.66. The zero-order valence-electron chi connectivity index (χ0n) is 11.3. The van der Waals surface area contributed by atoms with Gasteiger partial charge in [-0.05, 0) is 12.8 Å². The summed E-state index contributed by atoms with van der Waals surface area (Å²) in [6.07, 6.45) is 3.81. The van der Waals surface area contributed by atoms with Crippen molar-refractivity contribution in [2.45, 2.75) is 39.4 Å². The molecule has 0 aliphatic carbocycles. The Kier molecular flexibility index (Phi) is 7.83. The lowest BCUT2D eigenvalue weighted by atomic mass is 9.87. The van der Waals surface area contributed by atoms with Crippen LogP contribution in [-0.2, 0) is 14.3 Å². The molecule has 0 aromatic rings. The maximum atomic E-state index is 10.7. The zero-order chi connectivity index (χ0) is 13.4. The van der Waals surface area contributed by atoms with E-state index in [0.29, 0.717) is 0 Å². The highest BCUT2D eigenvalue weighted by Crippen LogP contribution is 2.24. The standard InChI is InChI=1S/C13H24O4/c1-6-7-11(16-4)10(3)13(17-5)9(2)8-12(14)15/h6-7,9-11,13H,8H2,1-5H3,(H,14,15)/b7-6+/t9-,10-,11-,13-/m0/s1. The van der Waals surface area contributed by atoms with Gasteiger partial charge in [0.2, 0.25) is 0 Å². The topological polar surface area (TPSA) is 55.8 Å². The molecular formula is C13H24O4. The maximum Gasteiger partial charge on any atom is 0.303 e. The molecule has 4 atom stereocenters. The molecule has 0 rings (SSSR count). The summed E-state index contributed by atoms with van der Waals surface area (Å²) < 4.78 is 10.8. The number of allylic oxidation sites excluding steroid dienone is 1. The first-order valence-electron chi connectivity index (χ1n) is 5.88. The third-order valence-corrected chi connectivity index (χ3v) is 3.02. The number of carbonyl (C=O) groups is 1.